The minimum atomic E-state index is -0.00500. The van der Waals surface area contributed by atoms with E-state index in [0.29, 0.717) is 12.0 Å². The number of amides is 1. The number of hydrogen-bond donors (Lipinski definition) is 2. The van der Waals surface area contributed by atoms with Gasteiger partial charge in [-0.1, -0.05) is 13.8 Å². The Morgan fingerprint density at radius 1 is 1.15 bits per heavy atom. The van der Waals surface area contributed by atoms with E-state index in [4.69, 9.17) is 4.74 Å². The van der Waals surface area contributed by atoms with Gasteiger partial charge in [-0.3, -0.25) is 4.79 Å². The van der Waals surface area contributed by atoms with Crippen molar-refractivity contribution in [3.05, 3.63) is 0 Å². The molecule has 27 heavy (non-hydrogen) atoms. The monoisotopic (exact) mass is 499 g/mol. The van der Waals surface area contributed by atoms with Crippen LogP contribution < -0.4 is 10.6 Å². The number of carbonyl (C=O) groups is 1. The molecule has 8 heteroatoms. The van der Waals surface area contributed by atoms with E-state index in [1.165, 1.54) is 0 Å². The number of aliphatic imine (C=N–C) groups is 1. The van der Waals surface area contributed by atoms with Gasteiger partial charge in [-0.2, -0.15) is 0 Å². The molecule has 0 heterocycles. The van der Waals surface area contributed by atoms with Crippen molar-refractivity contribution in [2.45, 2.75) is 53.0 Å². The van der Waals surface area contributed by atoms with Gasteiger partial charge in [-0.05, 0) is 52.7 Å². The first-order valence-corrected chi connectivity index (χ1v) is 9.99. The number of guanidine groups is 1. The van der Waals surface area contributed by atoms with Crippen LogP contribution in [0.5, 0.6) is 0 Å². The second-order valence-electron chi connectivity index (χ2n) is 6.64. The molecule has 162 valence electrons. The van der Waals surface area contributed by atoms with E-state index in [-0.39, 0.29) is 36.4 Å². The summed E-state index contributed by atoms with van der Waals surface area (Å²) in [6.45, 7) is 14.3. The zero-order valence-electron chi connectivity index (χ0n) is 18.2. The largest absolute Gasteiger partial charge is 0.382 e. The van der Waals surface area contributed by atoms with Crippen LogP contribution >= 0.6 is 24.0 Å². The highest BCUT2D eigenvalue weighted by Gasteiger charge is 2.09. The van der Waals surface area contributed by atoms with Gasteiger partial charge in [0.2, 0.25) is 5.91 Å². The highest BCUT2D eigenvalue weighted by Crippen LogP contribution is 2.00. The first kappa shape index (κ1) is 28.6. The quantitative estimate of drug-likeness (QED) is 0.166. The Hall–Kier alpha value is -0.610. The summed E-state index contributed by atoms with van der Waals surface area (Å²) in [6.07, 6.45) is 3.12. The third-order valence-corrected chi connectivity index (χ3v) is 4.22. The molecular formula is C19H42IN5O2. The lowest BCUT2D eigenvalue weighted by atomic mass is 10.2. The molecule has 0 aliphatic carbocycles. The molecule has 0 fully saturated rings. The summed E-state index contributed by atoms with van der Waals surface area (Å²) in [7, 11) is 3.49. The molecule has 7 nitrogen and oxygen atoms in total. The molecule has 0 aromatic carbocycles. The van der Waals surface area contributed by atoms with E-state index in [0.717, 1.165) is 58.7 Å². The smallest absolute Gasteiger partial charge is 0.243 e. The van der Waals surface area contributed by atoms with Gasteiger partial charge >= 0.3 is 0 Å². The highest BCUT2D eigenvalue weighted by atomic mass is 127. The molecule has 0 saturated carbocycles. The third-order valence-electron chi connectivity index (χ3n) is 4.22. The molecule has 1 atom stereocenters. The molecule has 2 N–H and O–H groups in total. The number of nitrogens with zero attached hydrogens (tertiary/aromatic N) is 3. The predicted octanol–water partition coefficient (Wildman–Crippen LogP) is 2.16. The molecule has 0 aliphatic heterocycles. The van der Waals surface area contributed by atoms with Gasteiger partial charge in [0.15, 0.2) is 5.96 Å². The van der Waals surface area contributed by atoms with Crippen LogP contribution in [-0.4, -0.2) is 87.7 Å². The molecule has 0 spiro atoms. The molecule has 1 amide bonds. The topological polar surface area (TPSA) is 69.2 Å². The average molecular weight is 499 g/mol. The molecule has 0 saturated heterocycles. The predicted molar refractivity (Wildman–Crippen MR) is 125 cm³/mol. The van der Waals surface area contributed by atoms with Crippen molar-refractivity contribution in [1.82, 2.24) is 20.4 Å². The first-order chi connectivity index (χ1) is 12.4. The lowest BCUT2D eigenvalue weighted by Gasteiger charge is -2.21. The summed E-state index contributed by atoms with van der Waals surface area (Å²) in [5.41, 5.74) is 0. The van der Waals surface area contributed by atoms with Crippen molar-refractivity contribution in [3.63, 3.8) is 0 Å². The van der Waals surface area contributed by atoms with Gasteiger partial charge in [0, 0.05) is 39.9 Å². The van der Waals surface area contributed by atoms with E-state index in [1.54, 1.807) is 19.0 Å². The Balaban J connectivity index is 0. The second-order valence-corrected chi connectivity index (χ2v) is 6.64. The van der Waals surface area contributed by atoms with E-state index in [1.807, 2.05) is 6.92 Å². The molecule has 0 aromatic rings. The minimum absolute atomic E-state index is 0. The number of carbonyl (C=O) groups excluding carboxylic acids is 1. The summed E-state index contributed by atoms with van der Waals surface area (Å²) in [5.74, 6) is 0.696. The van der Waals surface area contributed by atoms with Crippen LogP contribution in [0.1, 0.15) is 47.0 Å². The van der Waals surface area contributed by atoms with E-state index in [2.05, 4.69) is 41.3 Å². The van der Waals surface area contributed by atoms with Crippen molar-refractivity contribution in [2.75, 3.05) is 60.0 Å². The van der Waals surface area contributed by atoms with Gasteiger partial charge < -0.3 is 25.2 Å². The van der Waals surface area contributed by atoms with Gasteiger partial charge in [-0.15, -0.1) is 24.0 Å². The number of ether oxygens (including phenoxy) is 1. The maximum atomic E-state index is 11.8. The molecule has 0 aliphatic rings. The highest BCUT2D eigenvalue weighted by molar-refractivity contribution is 14.0. The van der Waals surface area contributed by atoms with Crippen LogP contribution in [0.15, 0.2) is 4.99 Å². The standard InChI is InChI=1S/C19H41N5O2.HI/c1-7-24(8-2)14-10-12-17(4)22-19(20-13-11-15-26-9-3)21-16-18(25)23(5)6;/h17H,7-16H2,1-6H3,(H2,20,21,22);1H. The van der Waals surface area contributed by atoms with Crippen LogP contribution in [0.3, 0.4) is 0 Å². The maximum Gasteiger partial charge on any atom is 0.243 e. The van der Waals surface area contributed by atoms with Gasteiger partial charge in [0.1, 0.15) is 6.54 Å². The lowest BCUT2D eigenvalue weighted by molar-refractivity contribution is -0.127. The third kappa shape index (κ3) is 16.1. The fraction of sp³-hybridized carbons (Fsp3) is 0.895. The summed E-state index contributed by atoms with van der Waals surface area (Å²) in [6, 6.07) is 0.304. The molecule has 0 aromatic heterocycles. The van der Waals surface area contributed by atoms with Crippen molar-refractivity contribution in [3.8, 4) is 0 Å². The van der Waals surface area contributed by atoms with Crippen molar-refractivity contribution < 1.29 is 9.53 Å². The summed E-state index contributed by atoms with van der Waals surface area (Å²) in [5, 5.41) is 6.72. The van der Waals surface area contributed by atoms with E-state index >= 15 is 0 Å². The normalized spacial score (nSPS) is 12.5. The molecule has 0 bridgehead atoms. The van der Waals surface area contributed by atoms with Crippen LogP contribution in [-0.2, 0) is 9.53 Å². The summed E-state index contributed by atoms with van der Waals surface area (Å²) in [4.78, 5) is 20.2. The van der Waals surface area contributed by atoms with Crippen LogP contribution in [0.25, 0.3) is 0 Å². The molecule has 0 rings (SSSR count). The zero-order valence-corrected chi connectivity index (χ0v) is 20.5. The number of hydrogen-bond acceptors (Lipinski definition) is 4. The van der Waals surface area contributed by atoms with Crippen LogP contribution in [0.4, 0.5) is 0 Å². The lowest BCUT2D eigenvalue weighted by Crippen LogP contribution is -2.43. The SMILES string of the molecule is CCOCCCNC(=NCC(=O)N(C)C)NC(C)CCCN(CC)CC.I. The maximum absolute atomic E-state index is 11.8. The van der Waals surface area contributed by atoms with Gasteiger partial charge in [0.25, 0.3) is 0 Å². The summed E-state index contributed by atoms with van der Waals surface area (Å²) >= 11 is 0. The van der Waals surface area contributed by atoms with Gasteiger partial charge in [-0.25, -0.2) is 4.99 Å². The zero-order chi connectivity index (χ0) is 19.8. The summed E-state index contributed by atoms with van der Waals surface area (Å²) < 4.78 is 5.36. The Bertz CT molecular complexity index is 390. The van der Waals surface area contributed by atoms with E-state index < -0.39 is 0 Å². The first-order valence-electron chi connectivity index (χ1n) is 9.99. The average Bonchev–Trinajstić information content (AvgIpc) is 2.62. The van der Waals surface area contributed by atoms with Gasteiger partial charge in [0.05, 0.1) is 0 Å². The number of likely N-dealkylation sites (N-methyl/N-ethyl adjacent to an activating group) is 1. The molecular weight excluding hydrogens is 457 g/mol. The Labute approximate surface area is 183 Å². The Morgan fingerprint density at radius 3 is 2.37 bits per heavy atom. The fourth-order valence-corrected chi connectivity index (χ4v) is 2.43. The number of halogens is 1. The Kier molecular flexibility index (Phi) is 19.8. The number of rotatable bonds is 14. The van der Waals surface area contributed by atoms with Crippen LogP contribution in [0, 0.1) is 0 Å². The molecule has 0 radical (unpaired) electrons. The fourth-order valence-electron chi connectivity index (χ4n) is 2.43. The second kappa shape index (κ2) is 18.7. The van der Waals surface area contributed by atoms with Crippen molar-refractivity contribution in [2.24, 2.45) is 4.99 Å². The van der Waals surface area contributed by atoms with Crippen molar-refractivity contribution >= 4 is 35.8 Å². The Morgan fingerprint density at radius 2 is 1.81 bits per heavy atom. The number of nitrogens with one attached hydrogen (secondary N) is 2. The van der Waals surface area contributed by atoms with E-state index in [9.17, 15) is 4.79 Å². The molecule has 1 unspecified atom stereocenters. The van der Waals surface area contributed by atoms with Crippen molar-refractivity contribution in [1.29, 1.82) is 0 Å². The minimum Gasteiger partial charge on any atom is -0.382 e. The van der Waals surface area contributed by atoms with Crippen LogP contribution in [0.2, 0.25) is 0 Å².